The molecule has 2 atom stereocenters. The standard InChI is InChI=1S/C9H13NO4S/c1-15(12,13)9(14-7-11)6-8-2-4-10-5-3-8/h2,4-5,7-9H,3,6H2,1H3. The van der Waals surface area contributed by atoms with Crippen molar-refractivity contribution >= 4 is 22.5 Å². The second-order valence-electron chi connectivity index (χ2n) is 3.40. The topological polar surface area (TPSA) is 72.8 Å². The van der Waals surface area contributed by atoms with Gasteiger partial charge < -0.3 is 4.74 Å². The summed E-state index contributed by atoms with van der Waals surface area (Å²) in [6.45, 7) is 0.173. The number of allylic oxidation sites excluding steroid dienone is 1. The summed E-state index contributed by atoms with van der Waals surface area (Å²) in [6, 6.07) is 0. The first-order chi connectivity index (χ1) is 7.04. The Kier molecular flexibility index (Phi) is 4.02. The molecule has 0 fully saturated rings. The number of carbonyl (C=O) groups is 1. The van der Waals surface area contributed by atoms with E-state index in [0.717, 1.165) is 6.26 Å². The maximum atomic E-state index is 11.3. The third-order valence-corrected chi connectivity index (χ3v) is 3.40. The maximum absolute atomic E-state index is 11.3. The fraction of sp³-hybridized carbons (Fsp3) is 0.556. The minimum atomic E-state index is -3.36. The molecule has 0 aromatic rings. The van der Waals surface area contributed by atoms with Crippen molar-refractivity contribution in [1.29, 1.82) is 0 Å². The Hall–Kier alpha value is -1.17. The Labute approximate surface area is 88.8 Å². The molecule has 0 spiro atoms. The Morgan fingerprint density at radius 1 is 1.67 bits per heavy atom. The van der Waals surface area contributed by atoms with Gasteiger partial charge >= 0.3 is 0 Å². The van der Waals surface area contributed by atoms with E-state index in [4.69, 9.17) is 0 Å². The van der Waals surface area contributed by atoms with Gasteiger partial charge in [-0.1, -0.05) is 6.08 Å². The molecule has 0 radical (unpaired) electrons. The SMILES string of the molecule is CS(=O)(=O)C(CC1C=CN=CC1)OC=O. The van der Waals surface area contributed by atoms with Crippen LogP contribution in [0.5, 0.6) is 0 Å². The van der Waals surface area contributed by atoms with E-state index < -0.39 is 15.3 Å². The van der Waals surface area contributed by atoms with Crippen LogP contribution in [0.25, 0.3) is 0 Å². The monoisotopic (exact) mass is 231 g/mol. The van der Waals surface area contributed by atoms with Crippen molar-refractivity contribution in [3.63, 3.8) is 0 Å². The van der Waals surface area contributed by atoms with Crippen LogP contribution in [-0.2, 0) is 19.4 Å². The van der Waals surface area contributed by atoms with Gasteiger partial charge in [0.25, 0.3) is 6.47 Å². The second kappa shape index (κ2) is 5.06. The van der Waals surface area contributed by atoms with Gasteiger partial charge in [-0.2, -0.15) is 0 Å². The van der Waals surface area contributed by atoms with E-state index in [1.54, 1.807) is 12.4 Å². The van der Waals surface area contributed by atoms with Crippen LogP contribution in [0.1, 0.15) is 12.8 Å². The normalized spacial score (nSPS) is 22.3. The molecule has 2 unspecified atom stereocenters. The van der Waals surface area contributed by atoms with Crippen LogP contribution in [0.2, 0.25) is 0 Å². The van der Waals surface area contributed by atoms with Crippen LogP contribution in [0, 0.1) is 5.92 Å². The highest BCUT2D eigenvalue weighted by molar-refractivity contribution is 7.91. The average molecular weight is 231 g/mol. The van der Waals surface area contributed by atoms with Gasteiger partial charge in [0, 0.05) is 25.1 Å². The number of carbonyl (C=O) groups excluding carboxylic acids is 1. The summed E-state index contributed by atoms with van der Waals surface area (Å²) in [6.07, 6.45) is 7.15. The van der Waals surface area contributed by atoms with E-state index in [1.165, 1.54) is 0 Å². The number of ether oxygens (including phenoxy) is 1. The van der Waals surface area contributed by atoms with Crippen LogP contribution < -0.4 is 0 Å². The summed E-state index contributed by atoms with van der Waals surface area (Å²) in [5, 5.41) is 0. The van der Waals surface area contributed by atoms with Crippen LogP contribution in [-0.4, -0.2) is 32.8 Å². The summed E-state index contributed by atoms with van der Waals surface area (Å²) >= 11 is 0. The molecule has 6 heteroatoms. The van der Waals surface area contributed by atoms with E-state index in [2.05, 4.69) is 9.73 Å². The summed E-state index contributed by atoms with van der Waals surface area (Å²) in [5.41, 5.74) is -1.06. The molecule has 1 heterocycles. The van der Waals surface area contributed by atoms with Crippen molar-refractivity contribution in [2.24, 2.45) is 10.9 Å². The minimum absolute atomic E-state index is 0.0576. The molecule has 84 valence electrons. The average Bonchev–Trinajstić information content (AvgIpc) is 2.17. The van der Waals surface area contributed by atoms with Gasteiger partial charge in [0.15, 0.2) is 9.84 Å². The summed E-state index contributed by atoms with van der Waals surface area (Å²) in [5.74, 6) is 0.0576. The van der Waals surface area contributed by atoms with Crippen molar-refractivity contribution < 1.29 is 17.9 Å². The third-order valence-electron chi connectivity index (χ3n) is 2.14. The first-order valence-electron chi connectivity index (χ1n) is 4.50. The van der Waals surface area contributed by atoms with Crippen LogP contribution in [0.15, 0.2) is 17.3 Å². The fourth-order valence-corrected chi connectivity index (χ4v) is 2.17. The van der Waals surface area contributed by atoms with E-state index >= 15 is 0 Å². The van der Waals surface area contributed by atoms with E-state index in [1.807, 2.05) is 6.08 Å². The molecule has 15 heavy (non-hydrogen) atoms. The Balaban J connectivity index is 2.63. The highest BCUT2D eigenvalue weighted by Crippen LogP contribution is 2.19. The smallest absolute Gasteiger partial charge is 0.294 e. The van der Waals surface area contributed by atoms with Gasteiger partial charge in [0.05, 0.1) is 0 Å². The van der Waals surface area contributed by atoms with Crippen LogP contribution in [0.3, 0.4) is 0 Å². The number of hydrogen-bond acceptors (Lipinski definition) is 5. The van der Waals surface area contributed by atoms with Crippen molar-refractivity contribution in [3.05, 3.63) is 12.3 Å². The molecular formula is C9H13NO4S. The highest BCUT2D eigenvalue weighted by Gasteiger charge is 2.25. The lowest BCUT2D eigenvalue weighted by molar-refractivity contribution is -0.130. The molecular weight excluding hydrogens is 218 g/mol. The predicted octanol–water partition coefficient (Wildman–Crippen LogP) is 0.525. The van der Waals surface area contributed by atoms with Gasteiger partial charge in [-0.05, 0) is 12.3 Å². The second-order valence-corrected chi connectivity index (χ2v) is 5.58. The largest absolute Gasteiger partial charge is 0.448 e. The van der Waals surface area contributed by atoms with Crippen molar-refractivity contribution in [2.45, 2.75) is 18.3 Å². The van der Waals surface area contributed by atoms with Crippen molar-refractivity contribution in [2.75, 3.05) is 6.26 Å². The molecule has 0 aromatic carbocycles. The van der Waals surface area contributed by atoms with Crippen molar-refractivity contribution in [3.8, 4) is 0 Å². The maximum Gasteiger partial charge on any atom is 0.294 e. The van der Waals surface area contributed by atoms with E-state index in [9.17, 15) is 13.2 Å². The van der Waals surface area contributed by atoms with Gasteiger partial charge in [-0.25, -0.2) is 8.42 Å². The minimum Gasteiger partial charge on any atom is -0.448 e. The lowest BCUT2D eigenvalue weighted by atomic mass is 10.0. The molecule has 1 rings (SSSR count). The molecule has 0 bridgehead atoms. The number of hydrogen-bond donors (Lipinski definition) is 0. The lowest BCUT2D eigenvalue weighted by Crippen LogP contribution is -2.26. The van der Waals surface area contributed by atoms with E-state index in [0.29, 0.717) is 6.42 Å². The first-order valence-corrected chi connectivity index (χ1v) is 6.46. The molecule has 0 N–H and O–H groups in total. The zero-order chi connectivity index (χ0) is 11.3. The molecule has 0 saturated carbocycles. The summed E-state index contributed by atoms with van der Waals surface area (Å²) in [4.78, 5) is 14.1. The number of sulfone groups is 1. The lowest BCUT2D eigenvalue weighted by Gasteiger charge is -2.18. The molecule has 5 nitrogen and oxygen atoms in total. The predicted molar refractivity (Wildman–Crippen MR) is 56.1 cm³/mol. The van der Waals surface area contributed by atoms with Crippen molar-refractivity contribution in [1.82, 2.24) is 0 Å². The van der Waals surface area contributed by atoms with Gasteiger partial charge in [-0.15, -0.1) is 0 Å². The van der Waals surface area contributed by atoms with Crippen LogP contribution >= 0.6 is 0 Å². The number of nitrogens with zero attached hydrogens (tertiary/aromatic N) is 1. The fourth-order valence-electron chi connectivity index (χ4n) is 1.32. The molecule has 1 aliphatic rings. The van der Waals surface area contributed by atoms with Gasteiger partial charge in [0.1, 0.15) is 0 Å². The zero-order valence-electron chi connectivity index (χ0n) is 8.37. The van der Waals surface area contributed by atoms with E-state index in [-0.39, 0.29) is 18.8 Å². The highest BCUT2D eigenvalue weighted by atomic mass is 32.2. The Morgan fingerprint density at radius 3 is 2.87 bits per heavy atom. The molecule has 0 aliphatic carbocycles. The first kappa shape index (κ1) is 11.9. The molecule has 0 aromatic heterocycles. The van der Waals surface area contributed by atoms with Crippen LogP contribution in [0.4, 0.5) is 0 Å². The van der Waals surface area contributed by atoms with Gasteiger partial charge in [-0.3, -0.25) is 9.79 Å². The quantitative estimate of drug-likeness (QED) is 0.647. The molecule has 1 aliphatic heterocycles. The zero-order valence-corrected chi connectivity index (χ0v) is 9.18. The summed E-state index contributed by atoms with van der Waals surface area (Å²) < 4.78 is 27.1. The third kappa shape index (κ3) is 3.83. The number of rotatable bonds is 5. The van der Waals surface area contributed by atoms with Gasteiger partial charge in [0.2, 0.25) is 5.44 Å². The number of aliphatic imine (C=N–C) groups is 1. The molecule has 0 saturated heterocycles. The summed E-state index contributed by atoms with van der Waals surface area (Å²) in [7, 11) is -3.36. The molecule has 0 amide bonds. The Morgan fingerprint density at radius 2 is 2.40 bits per heavy atom. The Bertz CT molecular complexity index is 372.